The van der Waals surface area contributed by atoms with Gasteiger partial charge in [0.05, 0.1) is 11.9 Å². The molecular weight excluding hydrogens is 280 g/mol. The minimum absolute atomic E-state index is 0.00422. The molecule has 1 aromatic heterocycles. The summed E-state index contributed by atoms with van der Waals surface area (Å²) in [6.45, 7) is 5.31. The van der Waals surface area contributed by atoms with E-state index in [4.69, 9.17) is 0 Å². The van der Waals surface area contributed by atoms with Gasteiger partial charge in [0.15, 0.2) is 0 Å². The predicted molar refractivity (Wildman–Crippen MR) is 83.3 cm³/mol. The number of anilines is 1. The van der Waals surface area contributed by atoms with Gasteiger partial charge in [0.1, 0.15) is 0 Å². The molecule has 3 amide bonds. The highest BCUT2D eigenvalue weighted by atomic mass is 16.2. The molecular formula is C16H22N4O2. The van der Waals surface area contributed by atoms with Gasteiger partial charge in [0.2, 0.25) is 5.91 Å². The summed E-state index contributed by atoms with van der Waals surface area (Å²) in [6, 6.07) is 3.74. The number of hydrogen-bond acceptors (Lipinski definition) is 3. The van der Waals surface area contributed by atoms with Crippen molar-refractivity contribution in [3.63, 3.8) is 0 Å². The average molecular weight is 302 g/mol. The lowest BCUT2D eigenvalue weighted by atomic mass is 10.0. The number of carbonyl (C=O) groups excluding carboxylic acids is 2. The van der Waals surface area contributed by atoms with Gasteiger partial charge in [-0.05, 0) is 38.8 Å². The van der Waals surface area contributed by atoms with Gasteiger partial charge in [0.25, 0.3) is 0 Å². The first kappa shape index (κ1) is 14.8. The van der Waals surface area contributed by atoms with Gasteiger partial charge in [0, 0.05) is 36.7 Å². The molecule has 0 unspecified atom stereocenters. The van der Waals surface area contributed by atoms with Crippen molar-refractivity contribution >= 4 is 17.6 Å². The molecule has 0 aromatic carbocycles. The monoisotopic (exact) mass is 302 g/mol. The van der Waals surface area contributed by atoms with E-state index < -0.39 is 0 Å². The number of hydrogen-bond donors (Lipinski definition) is 2. The lowest BCUT2D eigenvalue weighted by Crippen LogP contribution is -2.42. The standard InChI is InChI=1S/C16H22N4O2/c1-11(2)18-15(22)20-7-5-16(10-20)8-13(16)14(21)19-12-4-3-6-17-9-12/h3-4,6,9,11,13H,5,7-8,10H2,1-2H3,(H,18,22)(H,19,21)/t13-,16-/m0/s1. The Labute approximate surface area is 130 Å². The molecule has 2 aliphatic rings. The number of pyridine rings is 1. The SMILES string of the molecule is CC(C)NC(=O)N1CC[C@]2(C[C@H]2C(=O)Nc2cccnc2)C1. The Hall–Kier alpha value is -2.11. The van der Waals surface area contributed by atoms with Crippen molar-refractivity contribution in [3.8, 4) is 0 Å². The molecule has 1 spiro atoms. The van der Waals surface area contributed by atoms with Crippen LogP contribution in [0.4, 0.5) is 10.5 Å². The van der Waals surface area contributed by atoms with E-state index in [1.165, 1.54) is 0 Å². The molecule has 2 N–H and O–H groups in total. The van der Waals surface area contributed by atoms with Crippen molar-refractivity contribution in [2.75, 3.05) is 18.4 Å². The van der Waals surface area contributed by atoms with Crippen molar-refractivity contribution in [2.45, 2.75) is 32.7 Å². The van der Waals surface area contributed by atoms with Crippen molar-refractivity contribution in [1.82, 2.24) is 15.2 Å². The first-order valence-corrected chi connectivity index (χ1v) is 7.76. The van der Waals surface area contributed by atoms with Crippen LogP contribution in [-0.4, -0.2) is 41.0 Å². The third-order valence-corrected chi connectivity index (χ3v) is 4.52. The lowest BCUT2D eigenvalue weighted by molar-refractivity contribution is -0.118. The van der Waals surface area contributed by atoms with E-state index >= 15 is 0 Å². The smallest absolute Gasteiger partial charge is 0.317 e. The molecule has 118 valence electrons. The number of nitrogens with zero attached hydrogens (tertiary/aromatic N) is 2. The largest absolute Gasteiger partial charge is 0.336 e. The summed E-state index contributed by atoms with van der Waals surface area (Å²) in [6.07, 6.45) is 5.09. The van der Waals surface area contributed by atoms with E-state index in [-0.39, 0.29) is 29.3 Å². The summed E-state index contributed by atoms with van der Waals surface area (Å²) in [5.41, 5.74) is 0.711. The number of likely N-dealkylation sites (tertiary alicyclic amines) is 1. The second kappa shape index (κ2) is 5.59. The third kappa shape index (κ3) is 2.91. The molecule has 1 aromatic rings. The Morgan fingerprint density at radius 3 is 2.95 bits per heavy atom. The van der Waals surface area contributed by atoms with Crippen LogP contribution >= 0.6 is 0 Å². The maximum Gasteiger partial charge on any atom is 0.317 e. The molecule has 1 aliphatic carbocycles. The molecule has 1 saturated carbocycles. The number of amides is 3. The maximum absolute atomic E-state index is 12.3. The molecule has 3 rings (SSSR count). The van der Waals surface area contributed by atoms with Crippen LogP contribution in [0.5, 0.6) is 0 Å². The van der Waals surface area contributed by atoms with E-state index in [1.807, 2.05) is 24.8 Å². The zero-order chi connectivity index (χ0) is 15.7. The highest BCUT2D eigenvalue weighted by Gasteiger charge is 2.61. The minimum Gasteiger partial charge on any atom is -0.336 e. The van der Waals surface area contributed by atoms with Gasteiger partial charge in [-0.3, -0.25) is 9.78 Å². The number of urea groups is 1. The van der Waals surface area contributed by atoms with Crippen LogP contribution < -0.4 is 10.6 Å². The average Bonchev–Trinajstić information content (AvgIpc) is 3.00. The van der Waals surface area contributed by atoms with E-state index in [2.05, 4.69) is 15.6 Å². The van der Waals surface area contributed by atoms with Crippen LogP contribution in [0, 0.1) is 11.3 Å². The number of aromatic nitrogens is 1. The molecule has 1 saturated heterocycles. The molecule has 2 fully saturated rings. The topological polar surface area (TPSA) is 74.3 Å². The van der Waals surface area contributed by atoms with Gasteiger partial charge in [-0.25, -0.2) is 4.79 Å². The molecule has 6 nitrogen and oxygen atoms in total. The number of rotatable bonds is 3. The fourth-order valence-electron chi connectivity index (χ4n) is 3.24. The van der Waals surface area contributed by atoms with Crippen LogP contribution in [0.1, 0.15) is 26.7 Å². The first-order chi connectivity index (χ1) is 10.5. The van der Waals surface area contributed by atoms with Crippen LogP contribution in [0.25, 0.3) is 0 Å². The van der Waals surface area contributed by atoms with E-state index in [9.17, 15) is 9.59 Å². The molecule has 2 heterocycles. The Morgan fingerprint density at radius 2 is 2.27 bits per heavy atom. The van der Waals surface area contributed by atoms with Gasteiger partial charge in [-0.15, -0.1) is 0 Å². The maximum atomic E-state index is 12.3. The molecule has 6 heteroatoms. The van der Waals surface area contributed by atoms with Gasteiger partial charge in [-0.2, -0.15) is 0 Å². The molecule has 0 bridgehead atoms. The molecule has 1 aliphatic heterocycles. The van der Waals surface area contributed by atoms with Crippen LogP contribution in [0.3, 0.4) is 0 Å². The molecule has 2 atom stereocenters. The van der Waals surface area contributed by atoms with E-state index in [0.29, 0.717) is 6.54 Å². The van der Waals surface area contributed by atoms with E-state index in [0.717, 1.165) is 25.1 Å². The Balaban J connectivity index is 1.55. The summed E-state index contributed by atoms with van der Waals surface area (Å²) in [4.78, 5) is 30.2. The van der Waals surface area contributed by atoms with Crippen LogP contribution in [-0.2, 0) is 4.79 Å². The first-order valence-electron chi connectivity index (χ1n) is 7.76. The summed E-state index contributed by atoms with van der Waals surface area (Å²) in [7, 11) is 0. The fourth-order valence-corrected chi connectivity index (χ4v) is 3.24. The van der Waals surface area contributed by atoms with Crippen LogP contribution in [0.15, 0.2) is 24.5 Å². The molecule has 0 radical (unpaired) electrons. The predicted octanol–water partition coefficient (Wildman–Crippen LogP) is 1.85. The Kier molecular flexibility index (Phi) is 3.76. The Bertz CT molecular complexity index is 575. The lowest BCUT2D eigenvalue weighted by Gasteiger charge is -2.19. The van der Waals surface area contributed by atoms with Gasteiger partial charge < -0.3 is 15.5 Å². The summed E-state index contributed by atoms with van der Waals surface area (Å²) in [5.74, 6) is 0.0451. The quantitative estimate of drug-likeness (QED) is 0.895. The van der Waals surface area contributed by atoms with Crippen molar-refractivity contribution in [3.05, 3.63) is 24.5 Å². The summed E-state index contributed by atoms with van der Waals surface area (Å²) < 4.78 is 0. The number of carbonyl (C=O) groups is 2. The second-order valence-electron chi connectivity index (χ2n) is 6.63. The minimum atomic E-state index is -0.0230. The molecule has 22 heavy (non-hydrogen) atoms. The van der Waals surface area contributed by atoms with E-state index in [1.54, 1.807) is 18.5 Å². The highest BCUT2D eigenvalue weighted by molar-refractivity contribution is 5.95. The summed E-state index contributed by atoms with van der Waals surface area (Å²) in [5, 5.41) is 5.82. The Morgan fingerprint density at radius 1 is 1.45 bits per heavy atom. The third-order valence-electron chi connectivity index (χ3n) is 4.52. The van der Waals surface area contributed by atoms with Crippen molar-refractivity contribution in [1.29, 1.82) is 0 Å². The normalized spacial score (nSPS) is 26.3. The zero-order valence-electron chi connectivity index (χ0n) is 13.0. The highest BCUT2D eigenvalue weighted by Crippen LogP contribution is 2.58. The zero-order valence-corrected chi connectivity index (χ0v) is 13.0. The van der Waals surface area contributed by atoms with Gasteiger partial charge >= 0.3 is 6.03 Å². The van der Waals surface area contributed by atoms with Crippen molar-refractivity contribution < 1.29 is 9.59 Å². The van der Waals surface area contributed by atoms with Gasteiger partial charge in [-0.1, -0.05) is 0 Å². The van der Waals surface area contributed by atoms with Crippen molar-refractivity contribution in [2.24, 2.45) is 11.3 Å². The summed E-state index contributed by atoms with van der Waals surface area (Å²) >= 11 is 0. The van der Waals surface area contributed by atoms with Crippen LogP contribution in [0.2, 0.25) is 0 Å². The number of nitrogens with one attached hydrogen (secondary N) is 2. The second-order valence-corrected chi connectivity index (χ2v) is 6.63. The fraction of sp³-hybridized carbons (Fsp3) is 0.562.